The van der Waals surface area contributed by atoms with Crippen molar-refractivity contribution in [1.29, 1.82) is 0 Å². The second-order valence-electron chi connectivity index (χ2n) is 5.05. The minimum Gasteiger partial charge on any atom is -0.298 e. The molecule has 0 fully saturated rings. The van der Waals surface area contributed by atoms with Crippen LogP contribution >= 0.6 is 0 Å². The van der Waals surface area contributed by atoms with E-state index in [1.165, 1.54) is 17.5 Å². The van der Waals surface area contributed by atoms with E-state index in [0.717, 1.165) is 24.2 Å². The van der Waals surface area contributed by atoms with Gasteiger partial charge in [0.05, 0.1) is 16.6 Å². The Balaban J connectivity index is 2.08. The van der Waals surface area contributed by atoms with Crippen molar-refractivity contribution >= 4 is 16.6 Å². The zero-order chi connectivity index (χ0) is 13.1. The molecule has 0 radical (unpaired) electrons. The van der Waals surface area contributed by atoms with Crippen molar-refractivity contribution in [3.8, 4) is 0 Å². The van der Waals surface area contributed by atoms with Crippen LogP contribution in [0, 0.1) is 5.92 Å². The van der Waals surface area contributed by atoms with Gasteiger partial charge in [-0.1, -0.05) is 19.9 Å². The van der Waals surface area contributed by atoms with Gasteiger partial charge < -0.3 is 0 Å². The molecule has 1 aliphatic rings. The first-order chi connectivity index (χ1) is 8.61. The number of Topliss-reactive ketones (excluding diaryl/α,β-unsaturated/α-hetero) is 1. The Morgan fingerprint density at radius 2 is 2.06 bits per heavy atom. The molecule has 1 aromatic carbocycles. The van der Waals surface area contributed by atoms with Crippen LogP contribution in [0.5, 0.6) is 0 Å². The number of hydrogen-bond donors (Lipinski definition) is 0. The van der Waals surface area contributed by atoms with Crippen molar-refractivity contribution in [2.45, 2.75) is 44.4 Å². The highest BCUT2D eigenvalue weighted by Crippen LogP contribution is 2.24. The zero-order valence-corrected chi connectivity index (χ0v) is 11.9. The smallest absolute Gasteiger partial charge is 0.148 e. The molecule has 0 aromatic heterocycles. The lowest BCUT2D eigenvalue weighted by molar-refractivity contribution is -0.119. The van der Waals surface area contributed by atoms with E-state index in [9.17, 15) is 9.00 Å². The first kappa shape index (κ1) is 13.5. The van der Waals surface area contributed by atoms with E-state index in [1.54, 1.807) is 0 Å². The summed E-state index contributed by atoms with van der Waals surface area (Å²) in [6, 6.07) is 6.02. The Bertz CT molecular complexity index is 479. The first-order valence-electron chi connectivity index (χ1n) is 6.64. The average Bonchev–Trinajstić information content (AvgIpc) is 2.84. The standard InChI is InChI=1S/C15H20O2S/c1-3-11(2)15(16)10-18(17)14-8-7-12-5-4-6-13(12)9-14/h7-9,11H,3-6,10H2,1-2H3. The molecule has 0 N–H and O–H groups in total. The van der Waals surface area contributed by atoms with Crippen LogP contribution in [0.1, 0.15) is 37.8 Å². The fraction of sp³-hybridized carbons (Fsp3) is 0.533. The van der Waals surface area contributed by atoms with Crippen molar-refractivity contribution < 1.29 is 9.00 Å². The van der Waals surface area contributed by atoms with Crippen LogP contribution in [0.25, 0.3) is 0 Å². The molecule has 0 amide bonds. The quantitative estimate of drug-likeness (QED) is 0.819. The molecule has 3 heteroatoms. The number of hydrogen-bond acceptors (Lipinski definition) is 2. The molecular weight excluding hydrogens is 244 g/mol. The summed E-state index contributed by atoms with van der Waals surface area (Å²) < 4.78 is 12.2. The lowest BCUT2D eigenvalue weighted by atomic mass is 10.1. The third-order valence-electron chi connectivity index (χ3n) is 3.77. The number of carbonyl (C=O) groups is 1. The van der Waals surface area contributed by atoms with E-state index in [4.69, 9.17) is 0 Å². The number of benzene rings is 1. The minimum atomic E-state index is -1.18. The van der Waals surface area contributed by atoms with Gasteiger partial charge in [0.2, 0.25) is 0 Å². The van der Waals surface area contributed by atoms with E-state index >= 15 is 0 Å². The number of ketones is 1. The fourth-order valence-corrected chi connectivity index (χ4v) is 3.48. The molecule has 0 saturated carbocycles. The Hall–Kier alpha value is -0.960. The van der Waals surface area contributed by atoms with Crippen molar-refractivity contribution in [2.24, 2.45) is 5.92 Å². The second kappa shape index (κ2) is 5.79. The third kappa shape index (κ3) is 2.89. The highest BCUT2D eigenvalue weighted by Gasteiger charge is 2.17. The van der Waals surface area contributed by atoms with E-state index in [1.807, 2.05) is 26.0 Å². The van der Waals surface area contributed by atoms with Gasteiger partial charge in [-0.3, -0.25) is 9.00 Å². The number of fused-ring (bicyclic) bond motifs is 1. The second-order valence-corrected chi connectivity index (χ2v) is 6.50. The lowest BCUT2D eigenvalue weighted by Crippen LogP contribution is -2.18. The SMILES string of the molecule is CCC(C)C(=O)CS(=O)c1ccc2c(c1)CCC2. The van der Waals surface area contributed by atoms with Crippen LogP contribution in [0.4, 0.5) is 0 Å². The number of carbonyl (C=O) groups excluding carboxylic acids is 1. The monoisotopic (exact) mass is 264 g/mol. The van der Waals surface area contributed by atoms with Crippen molar-refractivity contribution in [3.63, 3.8) is 0 Å². The van der Waals surface area contributed by atoms with E-state index in [2.05, 4.69) is 6.07 Å². The maximum Gasteiger partial charge on any atom is 0.148 e. The summed E-state index contributed by atoms with van der Waals surface area (Å²) in [6.45, 7) is 3.89. The van der Waals surface area contributed by atoms with Crippen molar-refractivity contribution in [2.75, 3.05) is 5.75 Å². The van der Waals surface area contributed by atoms with Crippen molar-refractivity contribution in [3.05, 3.63) is 29.3 Å². The van der Waals surface area contributed by atoms with Crippen LogP contribution in [0.15, 0.2) is 23.1 Å². The molecule has 1 aromatic rings. The third-order valence-corrected chi connectivity index (χ3v) is 5.09. The average molecular weight is 264 g/mol. The maximum absolute atomic E-state index is 12.2. The van der Waals surface area contributed by atoms with Crippen LogP contribution < -0.4 is 0 Å². The van der Waals surface area contributed by atoms with Gasteiger partial charge in [-0.15, -0.1) is 0 Å². The molecule has 2 nitrogen and oxygen atoms in total. The summed E-state index contributed by atoms with van der Waals surface area (Å²) >= 11 is 0. The maximum atomic E-state index is 12.2. The van der Waals surface area contributed by atoms with Crippen LogP contribution in [0.2, 0.25) is 0 Å². The summed E-state index contributed by atoms with van der Waals surface area (Å²) in [6.07, 6.45) is 4.23. The van der Waals surface area contributed by atoms with E-state index in [0.29, 0.717) is 0 Å². The summed E-state index contributed by atoms with van der Waals surface area (Å²) in [5.74, 6) is 0.285. The molecule has 0 aliphatic heterocycles. The predicted octanol–water partition coefficient (Wildman–Crippen LogP) is 2.90. The highest BCUT2D eigenvalue weighted by molar-refractivity contribution is 7.85. The minimum absolute atomic E-state index is 0.0170. The molecular formula is C15H20O2S. The largest absolute Gasteiger partial charge is 0.298 e. The molecule has 2 unspecified atom stereocenters. The Morgan fingerprint density at radius 1 is 1.33 bits per heavy atom. The first-order valence-corrected chi connectivity index (χ1v) is 7.96. The molecule has 1 aliphatic carbocycles. The van der Waals surface area contributed by atoms with Gasteiger partial charge in [0, 0.05) is 10.8 Å². The van der Waals surface area contributed by atoms with Gasteiger partial charge >= 0.3 is 0 Å². The van der Waals surface area contributed by atoms with Gasteiger partial charge in [0.1, 0.15) is 5.78 Å². The van der Waals surface area contributed by atoms with Crippen LogP contribution in [0.3, 0.4) is 0 Å². The Morgan fingerprint density at radius 3 is 2.78 bits per heavy atom. The normalized spacial score (nSPS) is 17.2. The summed E-state index contributed by atoms with van der Waals surface area (Å²) in [7, 11) is -1.18. The molecule has 2 atom stereocenters. The van der Waals surface area contributed by atoms with Gasteiger partial charge in [-0.2, -0.15) is 0 Å². The molecule has 0 spiro atoms. The van der Waals surface area contributed by atoms with Crippen LogP contribution in [-0.4, -0.2) is 15.7 Å². The molecule has 0 saturated heterocycles. The Labute approximate surface area is 111 Å². The summed E-state index contributed by atoms with van der Waals surface area (Å²) in [5.41, 5.74) is 2.70. The van der Waals surface area contributed by atoms with Gasteiger partial charge in [0.15, 0.2) is 0 Å². The van der Waals surface area contributed by atoms with Gasteiger partial charge in [-0.25, -0.2) is 0 Å². The van der Waals surface area contributed by atoms with Crippen molar-refractivity contribution in [1.82, 2.24) is 0 Å². The predicted molar refractivity (Wildman–Crippen MR) is 74.2 cm³/mol. The van der Waals surface area contributed by atoms with Crippen LogP contribution in [-0.2, 0) is 28.4 Å². The molecule has 98 valence electrons. The zero-order valence-electron chi connectivity index (χ0n) is 11.1. The van der Waals surface area contributed by atoms with Gasteiger partial charge in [0.25, 0.3) is 0 Å². The molecule has 0 heterocycles. The fourth-order valence-electron chi connectivity index (χ4n) is 2.27. The van der Waals surface area contributed by atoms with E-state index in [-0.39, 0.29) is 17.5 Å². The Kier molecular flexibility index (Phi) is 4.33. The summed E-state index contributed by atoms with van der Waals surface area (Å²) in [4.78, 5) is 12.6. The van der Waals surface area contributed by atoms with E-state index < -0.39 is 10.8 Å². The number of aryl methyl sites for hydroxylation is 2. The topological polar surface area (TPSA) is 34.1 Å². The lowest BCUT2D eigenvalue weighted by Gasteiger charge is -2.08. The highest BCUT2D eigenvalue weighted by atomic mass is 32.2. The van der Waals surface area contributed by atoms with Gasteiger partial charge in [-0.05, 0) is 48.9 Å². The molecule has 18 heavy (non-hydrogen) atoms. The number of rotatable bonds is 5. The summed E-state index contributed by atoms with van der Waals surface area (Å²) in [5, 5.41) is 0. The molecule has 2 rings (SSSR count). The molecule has 0 bridgehead atoms.